The first-order valence-corrected chi connectivity index (χ1v) is 15.4. The molecule has 4 heterocycles. The summed E-state index contributed by atoms with van der Waals surface area (Å²) in [7, 11) is 0. The lowest BCUT2D eigenvalue weighted by atomic mass is 10.0. The van der Waals surface area contributed by atoms with E-state index in [4.69, 9.17) is 26.6 Å². The van der Waals surface area contributed by atoms with Gasteiger partial charge in [0.2, 0.25) is 5.91 Å². The number of fused-ring (bicyclic) bond motifs is 1. The number of pyridine rings is 1. The quantitative estimate of drug-likeness (QED) is 0.214. The number of piperazine rings is 1. The second kappa shape index (κ2) is 12.5. The zero-order valence-corrected chi connectivity index (χ0v) is 27.1. The minimum Gasteiger partial charge on any atom is -0.349 e. The summed E-state index contributed by atoms with van der Waals surface area (Å²) < 4.78 is 16.6. The highest BCUT2D eigenvalue weighted by molar-refractivity contribution is 6.33. The van der Waals surface area contributed by atoms with Crippen molar-refractivity contribution in [2.45, 2.75) is 65.5 Å². The number of rotatable bonds is 7. The Balaban J connectivity index is 1.88. The molecule has 0 bridgehead atoms. The van der Waals surface area contributed by atoms with Gasteiger partial charge in [0.05, 0.1) is 33.2 Å². The van der Waals surface area contributed by atoms with Crippen LogP contribution in [0.5, 0.6) is 0 Å². The molecule has 0 N–H and O–H groups in total. The molecule has 1 aromatic carbocycles. The van der Waals surface area contributed by atoms with Crippen molar-refractivity contribution in [3.05, 3.63) is 88.1 Å². The van der Waals surface area contributed by atoms with Crippen molar-refractivity contribution >= 4 is 40.4 Å². The maximum Gasteiger partial charge on any atom is 0.355 e. The summed E-state index contributed by atoms with van der Waals surface area (Å²) in [6.07, 6.45) is 2.89. The lowest BCUT2D eigenvalue weighted by molar-refractivity contribution is -0.128. The van der Waals surface area contributed by atoms with Gasteiger partial charge in [0.25, 0.3) is 0 Å². The Morgan fingerprint density at radius 2 is 1.64 bits per heavy atom. The highest BCUT2D eigenvalue weighted by atomic mass is 35.5. The Hall–Kier alpha value is -4.44. The summed E-state index contributed by atoms with van der Waals surface area (Å²) in [4.78, 5) is 49.7. The summed E-state index contributed by atoms with van der Waals surface area (Å²) in [6.45, 7) is 20.2. The van der Waals surface area contributed by atoms with E-state index in [2.05, 4.69) is 18.1 Å². The first kappa shape index (κ1) is 32.0. The van der Waals surface area contributed by atoms with Crippen LogP contribution in [0.2, 0.25) is 5.02 Å². The van der Waals surface area contributed by atoms with Gasteiger partial charge >= 0.3 is 5.69 Å². The van der Waals surface area contributed by atoms with Gasteiger partial charge in [-0.2, -0.15) is 4.98 Å². The van der Waals surface area contributed by atoms with E-state index < -0.39 is 11.5 Å². The third-order valence-corrected chi connectivity index (χ3v) is 8.39. The van der Waals surface area contributed by atoms with Crippen molar-refractivity contribution in [2.75, 3.05) is 18.0 Å². The van der Waals surface area contributed by atoms with Crippen LogP contribution in [0.25, 0.3) is 34.1 Å². The molecule has 0 spiro atoms. The van der Waals surface area contributed by atoms with Gasteiger partial charge in [-0.1, -0.05) is 64.6 Å². The van der Waals surface area contributed by atoms with Crippen LogP contribution in [-0.2, 0) is 4.79 Å². The zero-order valence-electron chi connectivity index (χ0n) is 26.4. The first-order chi connectivity index (χ1) is 21.4. The summed E-state index contributed by atoms with van der Waals surface area (Å²) in [5, 5.41) is 0.702. The van der Waals surface area contributed by atoms with Gasteiger partial charge in [0, 0.05) is 30.7 Å². The number of halogens is 2. The fourth-order valence-electron chi connectivity index (χ4n) is 5.85. The van der Waals surface area contributed by atoms with Crippen LogP contribution in [0.3, 0.4) is 0 Å². The molecule has 1 saturated heterocycles. The van der Waals surface area contributed by atoms with Crippen LogP contribution in [0.4, 0.5) is 10.2 Å². The van der Waals surface area contributed by atoms with Gasteiger partial charge in [-0.05, 0) is 56.0 Å². The second-order valence-electron chi connectivity index (χ2n) is 12.0. The van der Waals surface area contributed by atoms with Crippen molar-refractivity contribution in [3.63, 3.8) is 0 Å². The monoisotopic (exact) mass is 629 g/mol. The molecule has 3 aromatic heterocycles. The normalized spacial score (nSPS) is 16.9. The van der Waals surface area contributed by atoms with Crippen LogP contribution in [0.15, 0.2) is 54.4 Å². The summed E-state index contributed by atoms with van der Waals surface area (Å²) >= 11 is 6.85. The fraction of sp³-hybridized carbons (Fsp3) is 0.353. The van der Waals surface area contributed by atoms with Crippen molar-refractivity contribution in [2.24, 2.45) is 0 Å². The van der Waals surface area contributed by atoms with Crippen LogP contribution in [-0.4, -0.2) is 60.5 Å². The van der Waals surface area contributed by atoms with Crippen LogP contribution in [0.1, 0.15) is 70.6 Å². The van der Waals surface area contributed by atoms with E-state index in [1.54, 1.807) is 35.2 Å². The van der Waals surface area contributed by atoms with E-state index in [-0.39, 0.29) is 51.8 Å². The SMILES string of the molecule is C=CC(=O)N1C[C@H](C)N(c2nc(=O)n(-c3c(C(C)C)nc(C=C)nc3C(C)C)c3nc(-c4ccccc4F)c(Cl)cc23)C[C@H]1C. The standard InChI is InChI=1S/C34H37ClFN7O2/c1-9-26-37-28(18(3)4)31(29(38-26)19(5)6)43-33-23(15-24(35)30(39-33)22-13-11-12-14-25(22)36)32(40-34(43)45)42-17-20(7)41(16-21(42)8)27(44)10-2/h9-15,18-21H,1-2,16-17H2,3-8H3/t20-,21+/m1/s1. The molecule has 0 saturated carbocycles. The molecule has 5 rings (SSSR count). The van der Waals surface area contributed by atoms with Crippen molar-refractivity contribution in [1.29, 1.82) is 0 Å². The number of hydrogen-bond donors (Lipinski definition) is 0. The second-order valence-corrected chi connectivity index (χ2v) is 12.4. The molecule has 4 aromatic rings. The number of aromatic nitrogens is 5. The Labute approximate surface area is 267 Å². The van der Waals surface area contributed by atoms with E-state index in [1.165, 1.54) is 16.7 Å². The molecule has 1 aliphatic rings. The van der Waals surface area contributed by atoms with E-state index in [0.717, 1.165) is 0 Å². The fourth-order valence-corrected chi connectivity index (χ4v) is 6.10. The Bertz CT molecular complexity index is 1860. The molecule has 11 heteroatoms. The summed E-state index contributed by atoms with van der Waals surface area (Å²) in [6, 6.07) is 7.53. The van der Waals surface area contributed by atoms with E-state index >= 15 is 4.39 Å². The highest BCUT2D eigenvalue weighted by Crippen LogP contribution is 2.37. The summed E-state index contributed by atoms with van der Waals surface area (Å²) in [5.74, 6) is -0.0281. The lowest BCUT2D eigenvalue weighted by Crippen LogP contribution is -2.58. The third-order valence-electron chi connectivity index (χ3n) is 8.10. The number of carbonyl (C=O) groups excluding carboxylic acids is 1. The third kappa shape index (κ3) is 5.75. The van der Waals surface area contributed by atoms with Gasteiger partial charge < -0.3 is 9.80 Å². The molecule has 1 aliphatic heterocycles. The van der Waals surface area contributed by atoms with E-state index in [0.29, 0.717) is 47.2 Å². The van der Waals surface area contributed by atoms with E-state index in [9.17, 15) is 9.59 Å². The smallest absolute Gasteiger partial charge is 0.349 e. The van der Waals surface area contributed by atoms with Crippen molar-refractivity contribution in [3.8, 4) is 16.9 Å². The van der Waals surface area contributed by atoms with Gasteiger partial charge in [0.1, 0.15) is 11.6 Å². The molecule has 1 fully saturated rings. The van der Waals surface area contributed by atoms with Crippen molar-refractivity contribution in [1.82, 2.24) is 29.4 Å². The maximum absolute atomic E-state index is 15.1. The van der Waals surface area contributed by atoms with Crippen LogP contribution >= 0.6 is 11.6 Å². The average molecular weight is 630 g/mol. The predicted octanol–water partition coefficient (Wildman–Crippen LogP) is 6.53. The number of nitrogens with zero attached hydrogens (tertiary/aromatic N) is 7. The Morgan fingerprint density at radius 1 is 1.00 bits per heavy atom. The molecule has 234 valence electrons. The molecule has 1 amide bonds. The Kier molecular flexibility index (Phi) is 8.89. The van der Waals surface area contributed by atoms with Crippen molar-refractivity contribution < 1.29 is 9.18 Å². The molecule has 2 atom stereocenters. The van der Waals surface area contributed by atoms with Crippen LogP contribution < -0.4 is 10.6 Å². The van der Waals surface area contributed by atoms with Gasteiger partial charge in [-0.15, -0.1) is 0 Å². The summed E-state index contributed by atoms with van der Waals surface area (Å²) in [5.41, 5.74) is 1.79. The highest BCUT2D eigenvalue weighted by Gasteiger charge is 2.34. The molecule has 0 aliphatic carbocycles. The van der Waals surface area contributed by atoms with E-state index in [1.807, 2.05) is 46.4 Å². The minimum atomic E-state index is -0.588. The molecule has 0 unspecified atom stereocenters. The maximum atomic E-state index is 15.1. The number of amides is 1. The zero-order chi connectivity index (χ0) is 32.7. The number of benzene rings is 1. The topological polar surface area (TPSA) is 97.1 Å². The number of anilines is 1. The molecular weight excluding hydrogens is 593 g/mol. The molecule has 9 nitrogen and oxygen atoms in total. The Morgan fingerprint density at radius 3 is 2.22 bits per heavy atom. The predicted molar refractivity (Wildman–Crippen MR) is 178 cm³/mol. The minimum absolute atomic E-state index is 0.101. The number of hydrogen-bond acceptors (Lipinski definition) is 7. The molecule has 45 heavy (non-hydrogen) atoms. The number of carbonyl (C=O) groups is 1. The van der Waals surface area contributed by atoms with Gasteiger partial charge in [-0.3, -0.25) is 4.79 Å². The van der Waals surface area contributed by atoms with Crippen LogP contribution in [0, 0.1) is 5.82 Å². The average Bonchev–Trinajstić information content (AvgIpc) is 3.01. The molecular formula is C34H37ClFN7O2. The molecule has 0 radical (unpaired) electrons. The largest absolute Gasteiger partial charge is 0.355 e. The van der Waals surface area contributed by atoms with Gasteiger partial charge in [-0.25, -0.2) is 28.7 Å². The van der Waals surface area contributed by atoms with Gasteiger partial charge in [0.15, 0.2) is 11.5 Å². The lowest BCUT2D eigenvalue weighted by Gasteiger charge is -2.44. The first-order valence-electron chi connectivity index (χ1n) is 15.0.